The summed E-state index contributed by atoms with van der Waals surface area (Å²) in [6, 6.07) is 10.3. The van der Waals surface area contributed by atoms with Crippen molar-refractivity contribution >= 4 is 12.0 Å². The van der Waals surface area contributed by atoms with Gasteiger partial charge in [0.1, 0.15) is 23.5 Å². The minimum absolute atomic E-state index is 0.0513. The second-order valence-corrected chi connectivity index (χ2v) is 12.3. The number of carbonyl (C=O) groups excluding carboxylic acids is 1. The quantitative estimate of drug-likeness (QED) is 0.335. The molecule has 2 N–H and O–H groups in total. The fourth-order valence-corrected chi connectivity index (χ4v) is 8.32. The van der Waals surface area contributed by atoms with Crippen LogP contribution in [0.5, 0.6) is 17.2 Å². The minimum Gasteiger partial charge on any atom is -0.632 e. The summed E-state index contributed by atoms with van der Waals surface area (Å²) in [5.41, 5.74) is 0.621. The molecule has 5 aliphatic rings. The molecule has 8 heteroatoms. The van der Waals surface area contributed by atoms with Crippen molar-refractivity contribution in [1.29, 1.82) is 0 Å². The number of ether oxygens (including phenoxy) is 2. The first-order chi connectivity index (χ1) is 18.7. The molecule has 3 fully saturated rings. The van der Waals surface area contributed by atoms with Gasteiger partial charge in [0, 0.05) is 37.4 Å². The topological polar surface area (TPSA) is 102 Å². The molecule has 6 unspecified atom stereocenters. The maximum Gasteiger partial charge on any atom is 0.246 e. The number of aromatic hydroxyl groups is 1. The molecule has 2 heterocycles. The van der Waals surface area contributed by atoms with E-state index >= 15 is 0 Å². The van der Waals surface area contributed by atoms with Crippen molar-refractivity contribution in [3.63, 3.8) is 0 Å². The molecule has 1 spiro atoms. The van der Waals surface area contributed by atoms with E-state index in [1.807, 2.05) is 30.3 Å². The maximum atomic E-state index is 14.4. The molecule has 206 valence electrons. The number of rotatable bonds is 6. The van der Waals surface area contributed by atoms with E-state index in [-0.39, 0.29) is 22.3 Å². The van der Waals surface area contributed by atoms with Gasteiger partial charge in [-0.25, -0.2) is 0 Å². The van der Waals surface area contributed by atoms with Crippen LogP contribution in [0, 0.1) is 11.1 Å². The van der Waals surface area contributed by atoms with Gasteiger partial charge < -0.3 is 34.4 Å². The molecule has 2 aromatic rings. The third-order valence-electron chi connectivity index (χ3n) is 10.4. The lowest BCUT2D eigenvalue weighted by Crippen LogP contribution is -2.81. The Balaban J connectivity index is 1.25. The molecule has 7 rings (SSSR count). The number of phenolic OH excluding ortho intramolecular Hbond substituents is 1. The molecule has 2 bridgehead atoms. The summed E-state index contributed by atoms with van der Waals surface area (Å²) < 4.78 is 11.5. The molecule has 6 atom stereocenters. The van der Waals surface area contributed by atoms with Crippen LogP contribution in [0.2, 0.25) is 0 Å². The zero-order chi connectivity index (χ0) is 27.2. The van der Waals surface area contributed by atoms with E-state index in [2.05, 4.69) is 0 Å². The van der Waals surface area contributed by atoms with E-state index in [4.69, 9.17) is 9.47 Å². The van der Waals surface area contributed by atoms with Gasteiger partial charge in [-0.2, -0.15) is 0 Å². The smallest absolute Gasteiger partial charge is 0.246 e. The van der Waals surface area contributed by atoms with Crippen molar-refractivity contribution in [2.24, 2.45) is 5.92 Å². The third-order valence-corrected chi connectivity index (χ3v) is 10.4. The highest BCUT2D eigenvalue weighted by Gasteiger charge is 2.76. The Morgan fingerprint density at radius 3 is 2.85 bits per heavy atom. The van der Waals surface area contributed by atoms with Crippen molar-refractivity contribution < 1.29 is 29.1 Å². The molecule has 2 aromatic carbocycles. The Kier molecular flexibility index (Phi) is 5.41. The van der Waals surface area contributed by atoms with Crippen LogP contribution < -0.4 is 9.47 Å². The van der Waals surface area contributed by atoms with Crippen molar-refractivity contribution in [1.82, 2.24) is 4.90 Å². The first-order valence-electron chi connectivity index (χ1n) is 14.1. The number of hydrogen-bond acceptors (Lipinski definition) is 6. The molecule has 2 saturated carbocycles. The number of hydrogen-bond donors (Lipinski definition) is 2. The lowest BCUT2D eigenvalue weighted by molar-refractivity contribution is -0.924. The number of quaternary nitrogens is 1. The van der Waals surface area contributed by atoms with Gasteiger partial charge in [-0.3, -0.25) is 4.79 Å². The van der Waals surface area contributed by atoms with Crippen LogP contribution in [-0.2, 0) is 16.6 Å². The Bertz CT molecular complexity index is 1370. The number of benzene rings is 2. The fraction of sp³-hybridized carbons (Fsp3) is 0.516. The van der Waals surface area contributed by atoms with E-state index in [0.717, 1.165) is 35.3 Å². The van der Waals surface area contributed by atoms with Gasteiger partial charge in [-0.15, -0.1) is 0 Å². The number of aliphatic hydroxyl groups is 1. The van der Waals surface area contributed by atoms with Crippen LogP contribution >= 0.6 is 0 Å². The second kappa shape index (κ2) is 8.46. The van der Waals surface area contributed by atoms with E-state index < -0.39 is 23.2 Å². The third kappa shape index (κ3) is 3.44. The Morgan fingerprint density at radius 2 is 2.08 bits per heavy atom. The number of piperidine rings is 1. The predicted molar refractivity (Wildman–Crippen MR) is 145 cm³/mol. The summed E-state index contributed by atoms with van der Waals surface area (Å²) in [4.78, 5) is 15.1. The van der Waals surface area contributed by atoms with E-state index in [1.54, 1.807) is 37.3 Å². The van der Waals surface area contributed by atoms with Gasteiger partial charge in [0.05, 0.1) is 31.7 Å². The second-order valence-electron chi connectivity index (χ2n) is 12.3. The minimum atomic E-state index is -1.25. The SMILES string of the molecule is COc1cccc(/C=C/C(=O)N(C)C2CCC3(O)C4Cc5ccc(O)c6c5C3(CC[N+]4([O-])CC3CC3)C2O6)c1. The van der Waals surface area contributed by atoms with E-state index in [0.29, 0.717) is 50.4 Å². The van der Waals surface area contributed by atoms with Crippen LogP contribution in [0.1, 0.15) is 48.8 Å². The van der Waals surface area contributed by atoms with Gasteiger partial charge in [0.15, 0.2) is 11.5 Å². The van der Waals surface area contributed by atoms with Crippen LogP contribution in [0.15, 0.2) is 42.5 Å². The summed E-state index contributed by atoms with van der Waals surface area (Å²) in [5.74, 6) is 1.47. The maximum absolute atomic E-state index is 14.4. The van der Waals surface area contributed by atoms with Gasteiger partial charge in [-0.05, 0) is 61.1 Å². The largest absolute Gasteiger partial charge is 0.632 e. The number of amides is 1. The number of hydroxylamine groups is 3. The van der Waals surface area contributed by atoms with Gasteiger partial charge in [-0.1, -0.05) is 18.2 Å². The normalized spacial score (nSPS) is 35.8. The average Bonchev–Trinajstić information content (AvgIpc) is 3.66. The molecular formula is C31H36N2O6. The molecule has 0 aromatic heterocycles. The van der Waals surface area contributed by atoms with Crippen molar-refractivity contribution in [3.8, 4) is 17.2 Å². The summed E-state index contributed by atoms with van der Waals surface area (Å²) in [5, 5.41) is 37.8. The molecule has 0 radical (unpaired) electrons. The number of phenols is 1. The number of methoxy groups -OCH3 is 1. The number of nitrogens with zero attached hydrogens (tertiary/aromatic N) is 2. The highest BCUT2D eigenvalue weighted by atomic mass is 16.6. The first-order valence-corrected chi connectivity index (χ1v) is 14.1. The van der Waals surface area contributed by atoms with Crippen LogP contribution in [-0.4, -0.2) is 76.7 Å². The first kappa shape index (κ1) is 24.9. The Hall–Kier alpha value is -3.07. The molecule has 39 heavy (non-hydrogen) atoms. The molecule has 8 nitrogen and oxygen atoms in total. The fourth-order valence-electron chi connectivity index (χ4n) is 8.32. The van der Waals surface area contributed by atoms with Crippen LogP contribution in [0.4, 0.5) is 0 Å². The Labute approximate surface area is 228 Å². The van der Waals surface area contributed by atoms with E-state index in [1.165, 1.54) is 0 Å². The summed E-state index contributed by atoms with van der Waals surface area (Å²) in [6.07, 6.45) is 6.86. The molecule has 3 aliphatic carbocycles. The summed E-state index contributed by atoms with van der Waals surface area (Å²) in [7, 11) is 3.39. The van der Waals surface area contributed by atoms with Crippen molar-refractivity contribution in [2.75, 3.05) is 27.2 Å². The number of likely N-dealkylation sites (tertiary alicyclic amines) is 1. The van der Waals surface area contributed by atoms with Gasteiger partial charge in [0.25, 0.3) is 0 Å². The molecule has 1 amide bonds. The Morgan fingerprint density at radius 1 is 1.26 bits per heavy atom. The molecular weight excluding hydrogens is 496 g/mol. The highest BCUT2D eigenvalue weighted by molar-refractivity contribution is 5.92. The lowest BCUT2D eigenvalue weighted by Gasteiger charge is -2.68. The zero-order valence-corrected chi connectivity index (χ0v) is 22.5. The predicted octanol–water partition coefficient (Wildman–Crippen LogP) is 3.52. The van der Waals surface area contributed by atoms with Crippen LogP contribution in [0.3, 0.4) is 0 Å². The lowest BCUT2D eigenvalue weighted by atomic mass is 9.48. The van der Waals surface area contributed by atoms with Crippen LogP contribution in [0.25, 0.3) is 6.08 Å². The monoisotopic (exact) mass is 532 g/mol. The highest BCUT2D eigenvalue weighted by Crippen LogP contribution is 2.67. The summed E-state index contributed by atoms with van der Waals surface area (Å²) in [6.45, 7) is 0.976. The molecule has 1 saturated heterocycles. The van der Waals surface area contributed by atoms with Crippen molar-refractivity contribution in [3.05, 3.63) is 64.4 Å². The average molecular weight is 533 g/mol. The zero-order valence-electron chi connectivity index (χ0n) is 22.5. The number of carbonyl (C=O) groups is 1. The number of likely N-dealkylation sites (N-methyl/N-ethyl adjacent to an activating group) is 1. The van der Waals surface area contributed by atoms with Crippen molar-refractivity contribution in [2.45, 2.75) is 67.7 Å². The standard InChI is InChI=1S/C31H36N2O6/c1-32(26(35)11-8-19-4-3-5-22(16-19)38-2)23-12-13-31(36)25-17-21-9-10-24(34)28-27(21)30(31,29(23)39-28)14-15-33(25,37)18-20-6-7-20/h3-5,8-11,16,20,23,25,29,34,36H,6-7,12-15,17-18H2,1-2H3/b11-8+. The molecule has 2 aliphatic heterocycles. The van der Waals surface area contributed by atoms with E-state index in [9.17, 15) is 20.2 Å². The van der Waals surface area contributed by atoms with Gasteiger partial charge >= 0.3 is 0 Å². The summed E-state index contributed by atoms with van der Waals surface area (Å²) >= 11 is 0. The van der Waals surface area contributed by atoms with Gasteiger partial charge in [0.2, 0.25) is 5.91 Å².